The van der Waals surface area contributed by atoms with Gasteiger partial charge in [-0.15, -0.1) is 0 Å². The number of amides is 1. The molecule has 4 N–H and O–H groups in total. The Labute approximate surface area is 209 Å². The minimum Gasteiger partial charge on any atom is -0.340 e. The summed E-state index contributed by atoms with van der Waals surface area (Å²) >= 11 is 0. The second-order valence-corrected chi connectivity index (χ2v) is 11.1. The molecule has 0 spiro atoms. The number of benzene rings is 2. The van der Waals surface area contributed by atoms with E-state index in [-0.39, 0.29) is 11.7 Å². The number of anilines is 3. The number of carbonyl (C=O) groups is 1. The van der Waals surface area contributed by atoms with Gasteiger partial charge in [0, 0.05) is 30.2 Å². The van der Waals surface area contributed by atoms with E-state index >= 15 is 0 Å². The van der Waals surface area contributed by atoms with Gasteiger partial charge >= 0.3 is 0 Å². The molecular weight excluding hydrogens is 476 g/mol. The van der Waals surface area contributed by atoms with E-state index in [1.165, 1.54) is 12.4 Å². The molecule has 1 atom stereocenters. The summed E-state index contributed by atoms with van der Waals surface area (Å²) in [7, 11) is -3.06. The van der Waals surface area contributed by atoms with Crippen molar-refractivity contribution in [2.75, 3.05) is 29.5 Å². The van der Waals surface area contributed by atoms with Crippen molar-refractivity contribution < 1.29 is 13.2 Å². The van der Waals surface area contributed by atoms with Crippen LogP contribution in [0.2, 0.25) is 0 Å². The maximum atomic E-state index is 12.3. The molecule has 36 heavy (non-hydrogen) atoms. The zero-order valence-electron chi connectivity index (χ0n) is 19.5. The van der Waals surface area contributed by atoms with Crippen LogP contribution in [0.5, 0.6) is 0 Å². The minimum absolute atomic E-state index is 0.190. The van der Waals surface area contributed by atoms with Crippen molar-refractivity contribution in [3.05, 3.63) is 79.1 Å². The number of nitrogens with one attached hydrogen (secondary N) is 4. The minimum atomic E-state index is -3.06. The molecule has 4 aromatic rings. The van der Waals surface area contributed by atoms with Gasteiger partial charge in [0.05, 0.1) is 16.4 Å². The second-order valence-electron chi connectivity index (χ2n) is 8.66. The van der Waals surface area contributed by atoms with E-state index in [9.17, 15) is 13.2 Å². The normalized spacial score (nSPS) is 16.9. The topological polar surface area (TPSA) is 129 Å². The fraction of sp³-hybridized carbons (Fsp3) is 0.192. The molecule has 5 rings (SSSR count). The molecule has 10 heteroatoms. The third-order valence-electron chi connectivity index (χ3n) is 6.18. The van der Waals surface area contributed by atoms with Crippen LogP contribution >= 0.6 is 0 Å². The SMILES string of the molecule is C=CC(=O)Nc1cccc(Nc2ncnc3[nH]c(-c4ccc(CC5CNCCS5(=O)=O)cc4)cc23)c1. The summed E-state index contributed by atoms with van der Waals surface area (Å²) in [5, 5.41) is 9.64. The van der Waals surface area contributed by atoms with Gasteiger partial charge in [0.15, 0.2) is 9.84 Å². The number of aromatic amines is 1. The van der Waals surface area contributed by atoms with E-state index in [0.29, 0.717) is 36.7 Å². The van der Waals surface area contributed by atoms with Crippen LogP contribution in [0.1, 0.15) is 5.56 Å². The fourth-order valence-electron chi connectivity index (χ4n) is 4.25. The predicted octanol–water partition coefficient (Wildman–Crippen LogP) is 3.42. The van der Waals surface area contributed by atoms with E-state index in [0.717, 1.165) is 27.9 Å². The fourth-order valence-corrected chi connectivity index (χ4v) is 5.83. The number of H-pyrrole nitrogens is 1. The number of hydrogen-bond donors (Lipinski definition) is 4. The first-order valence-corrected chi connectivity index (χ1v) is 13.3. The lowest BCUT2D eigenvalue weighted by molar-refractivity contribution is -0.111. The number of rotatable bonds is 7. The Balaban J connectivity index is 1.36. The Morgan fingerprint density at radius 3 is 2.69 bits per heavy atom. The van der Waals surface area contributed by atoms with Crippen LogP contribution in [0, 0.1) is 0 Å². The number of hydrogen-bond acceptors (Lipinski definition) is 7. The number of aromatic nitrogens is 3. The first-order chi connectivity index (χ1) is 17.4. The Hall–Kier alpha value is -4.02. The van der Waals surface area contributed by atoms with Crippen LogP contribution < -0.4 is 16.0 Å². The van der Waals surface area contributed by atoms with Gasteiger partial charge < -0.3 is 20.9 Å². The molecule has 2 aromatic heterocycles. The molecule has 1 unspecified atom stereocenters. The first-order valence-electron chi connectivity index (χ1n) is 11.6. The standard InChI is InChI=1S/C26H26N6O3S/c1-2-24(33)30-19-4-3-5-20(13-19)31-25-22-14-23(32-26(22)29-16-28-25)18-8-6-17(7-9-18)12-21-15-27-10-11-36(21,34)35/h2-9,13-14,16,21,27H,1,10-12,15H2,(H,30,33)(H2,28,29,31,32). The summed E-state index contributed by atoms with van der Waals surface area (Å²) < 4.78 is 24.7. The summed E-state index contributed by atoms with van der Waals surface area (Å²) in [6.07, 6.45) is 3.20. The van der Waals surface area contributed by atoms with Gasteiger partial charge in [0.25, 0.3) is 0 Å². The average Bonchev–Trinajstić information content (AvgIpc) is 3.31. The maximum Gasteiger partial charge on any atom is 0.247 e. The second kappa shape index (κ2) is 9.92. The Morgan fingerprint density at radius 2 is 1.92 bits per heavy atom. The van der Waals surface area contributed by atoms with E-state index in [1.807, 2.05) is 48.5 Å². The molecular formula is C26H26N6O3S. The average molecular weight is 503 g/mol. The molecule has 0 aliphatic carbocycles. The quantitative estimate of drug-likeness (QED) is 0.285. The third kappa shape index (κ3) is 5.14. The molecule has 0 saturated carbocycles. The van der Waals surface area contributed by atoms with Gasteiger partial charge in [-0.25, -0.2) is 18.4 Å². The number of fused-ring (bicyclic) bond motifs is 1. The lowest BCUT2D eigenvalue weighted by atomic mass is 10.1. The monoisotopic (exact) mass is 502 g/mol. The van der Waals surface area contributed by atoms with Crippen molar-refractivity contribution in [3.63, 3.8) is 0 Å². The van der Waals surface area contributed by atoms with Crippen LogP contribution in [0.3, 0.4) is 0 Å². The van der Waals surface area contributed by atoms with Crippen LogP contribution in [-0.2, 0) is 21.1 Å². The molecule has 1 fully saturated rings. The summed E-state index contributed by atoms with van der Waals surface area (Å²) in [5.74, 6) is 0.534. The molecule has 1 aliphatic heterocycles. The molecule has 2 aromatic carbocycles. The number of nitrogens with zero attached hydrogens (tertiary/aromatic N) is 2. The van der Waals surface area contributed by atoms with Crippen LogP contribution in [0.25, 0.3) is 22.3 Å². The van der Waals surface area contributed by atoms with Crippen molar-refractivity contribution in [1.29, 1.82) is 0 Å². The lowest BCUT2D eigenvalue weighted by Gasteiger charge is -2.23. The Kier molecular flexibility index (Phi) is 6.53. The van der Waals surface area contributed by atoms with Crippen molar-refractivity contribution in [2.24, 2.45) is 0 Å². The number of sulfone groups is 1. The Morgan fingerprint density at radius 1 is 1.11 bits per heavy atom. The highest BCUT2D eigenvalue weighted by molar-refractivity contribution is 7.92. The van der Waals surface area contributed by atoms with Gasteiger partial charge in [-0.3, -0.25) is 4.79 Å². The molecule has 3 heterocycles. The van der Waals surface area contributed by atoms with Crippen molar-refractivity contribution in [3.8, 4) is 11.3 Å². The summed E-state index contributed by atoms with van der Waals surface area (Å²) in [6, 6.07) is 17.2. The van der Waals surface area contributed by atoms with Crippen LogP contribution in [0.15, 0.2) is 73.6 Å². The predicted molar refractivity (Wildman–Crippen MR) is 142 cm³/mol. The van der Waals surface area contributed by atoms with Crippen LogP contribution in [-0.4, -0.2) is 53.4 Å². The molecule has 184 valence electrons. The van der Waals surface area contributed by atoms with Crippen LogP contribution in [0.4, 0.5) is 17.2 Å². The zero-order chi connectivity index (χ0) is 25.1. The van der Waals surface area contributed by atoms with Gasteiger partial charge in [0.1, 0.15) is 17.8 Å². The van der Waals surface area contributed by atoms with Crippen molar-refractivity contribution in [1.82, 2.24) is 20.3 Å². The van der Waals surface area contributed by atoms with Gasteiger partial charge in [-0.05, 0) is 47.9 Å². The summed E-state index contributed by atoms with van der Waals surface area (Å²) in [5.41, 5.74) is 4.90. The van der Waals surface area contributed by atoms with Crippen molar-refractivity contribution >= 4 is 44.0 Å². The Bertz CT molecular complexity index is 1530. The highest BCUT2D eigenvalue weighted by Gasteiger charge is 2.28. The lowest BCUT2D eigenvalue weighted by Crippen LogP contribution is -2.44. The first kappa shape index (κ1) is 23.7. The molecule has 1 saturated heterocycles. The summed E-state index contributed by atoms with van der Waals surface area (Å²) in [6.45, 7) is 4.48. The molecule has 0 bridgehead atoms. The highest BCUT2D eigenvalue weighted by Crippen LogP contribution is 2.29. The molecule has 1 aliphatic rings. The zero-order valence-corrected chi connectivity index (χ0v) is 20.3. The summed E-state index contributed by atoms with van der Waals surface area (Å²) in [4.78, 5) is 23.7. The van der Waals surface area contributed by atoms with Gasteiger partial charge in [0.2, 0.25) is 5.91 Å². The van der Waals surface area contributed by atoms with E-state index < -0.39 is 15.1 Å². The van der Waals surface area contributed by atoms with E-state index in [1.54, 1.807) is 6.07 Å². The number of carbonyl (C=O) groups excluding carboxylic acids is 1. The largest absolute Gasteiger partial charge is 0.340 e. The molecule has 1 amide bonds. The van der Waals surface area contributed by atoms with Gasteiger partial charge in [-0.2, -0.15) is 0 Å². The van der Waals surface area contributed by atoms with E-state index in [4.69, 9.17) is 0 Å². The maximum absolute atomic E-state index is 12.3. The molecule has 0 radical (unpaired) electrons. The molecule has 9 nitrogen and oxygen atoms in total. The third-order valence-corrected chi connectivity index (χ3v) is 8.30. The van der Waals surface area contributed by atoms with Crippen molar-refractivity contribution in [2.45, 2.75) is 11.7 Å². The van der Waals surface area contributed by atoms with Gasteiger partial charge in [-0.1, -0.05) is 36.9 Å². The van der Waals surface area contributed by atoms with E-state index in [2.05, 4.69) is 37.5 Å². The highest BCUT2D eigenvalue weighted by atomic mass is 32.2. The smallest absolute Gasteiger partial charge is 0.247 e.